The van der Waals surface area contributed by atoms with E-state index in [1.807, 2.05) is 6.07 Å². The van der Waals surface area contributed by atoms with Crippen LogP contribution in [0.15, 0.2) is 18.2 Å². The molecule has 0 radical (unpaired) electrons. The normalized spacial score (nSPS) is 23.8. The van der Waals surface area contributed by atoms with Gasteiger partial charge in [0.2, 0.25) is 0 Å². The van der Waals surface area contributed by atoms with Gasteiger partial charge >= 0.3 is 5.97 Å². The maximum absolute atomic E-state index is 11.2. The van der Waals surface area contributed by atoms with Crippen molar-refractivity contribution < 1.29 is 19.7 Å². The highest BCUT2D eigenvalue weighted by atomic mass is 16.5. The van der Waals surface area contributed by atoms with Crippen LogP contribution in [0.3, 0.4) is 0 Å². The number of hydrogen-bond donors (Lipinski definition) is 2. The number of aromatic hydroxyl groups is 1. The number of ether oxygens (including phenoxy) is 1. The van der Waals surface area contributed by atoms with E-state index in [1.165, 1.54) is 7.11 Å². The molecule has 16 heavy (non-hydrogen) atoms. The molecular formula is C12H14O4. The lowest BCUT2D eigenvalue weighted by Crippen LogP contribution is -2.45. The van der Waals surface area contributed by atoms with E-state index < -0.39 is 11.6 Å². The van der Waals surface area contributed by atoms with E-state index in [1.54, 1.807) is 12.1 Å². The summed E-state index contributed by atoms with van der Waals surface area (Å²) >= 11 is 0. The van der Waals surface area contributed by atoms with E-state index in [4.69, 9.17) is 4.74 Å². The molecule has 1 aromatic rings. The van der Waals surface area contributed by atoms with E-state index in [0.29, 0.717) is 18.4 Å². The zero-order valence-electron chi connectivity index (χ0n) is 9.06. The third-order valence-corrected chi connectivity index (χ3v) is 3.29. The SMILES string of the molecule is COC1(C(=O)O)CCc2cccc(O)c2C1. The Balaban J connectivity index is 2.42. The number of phenols is 1. The molecule has 86 valence electrons. The summed E-state index contributed by atoms with van der Waals surface area (Å²) in [4.78, 5) is 11.2. The predicted molar refractivity (Wildman–Crippen MR) is 57.5 cm³/mol. The van der Waals surface area contributed by atoms with Crippen molar-refractivity contribution in [2.45, 2.75) is 24.9 Å². The van der Waals surface area contributed by atoms with Gasteiger partial charge in [0, 0.05) is 19.1 Å². The first-order valence-corrected chi connectivity index (χ1v) is 5.17. The molecule has 1 unspecified atom stereocenters. The molecule has 0 saturated carbocycles. The Morgan fingerprint density at radius 1 is 1.50 bits per heavy atom. The number of methoxy groups -OCH3 is 1. The van der Waals surface area contributed by atoms with Crippen LogP contribution in [-0.2, 0) is 22.4 Å². The second-order valence-corrected chi connectivity index (χ2v) is 4.10. The van der Waals surface area contributed by atoms with Crippen molar-refractivity contribution in [3.63, 3.8) is 0 Å². The maximum Gasteiger partial charge on any atom is 0.336 e. The topological polar surface area (TPSA) is 66.8 Å². The fraction of sp³-hybridized carbons (Fsp3) is 0.417. The Labute approximate surface area is 93.5 Å². The molecule has 4 nitrogen and oxygen atoms in total. The molecule has 0 saturated heterocycles. The maximum atomic E-state index is 11.2. The fourth-order valence-electron chi connectivity index (χ4n) is 2.21. The van der Waals surface area contributed by atoms with Gasteiger partial charge in [-0.25, -0.2) is 4.79 Å². The van der Waals surface area contributed by atoms with Crippen molar-refractivity contribution >= 4 is 5.97 Å². The zero-order valence-corrected chi connectivity index (χ0v) is 9.06. The van der Waals surface area contributed by atoms with Crippen LogP contribution in [0, 0.1) is 0 Å². The number of hydrogen-bond acceptors (Lipinski definition) is 3. The number of phenolic OH excluding ortho intramolecular Hbond substituents is 1. The van der Waals surface area contributed by atoms with Crippen LogP contribution in [0.25, 0.3) is 0 Å². The molecule has 2 rings (SSSR count). The van der Waals surface area contributed by atoms with Crippen LogP contribution in [0.5, 0.6) is 5.75 Å². The largest absolute Gasteiger partial charge is 0.508 e. The minimum absolute atomic E-state index is 0.153. The first kappa shape index (κ1) is 11.0. The average molecular weight is 222 g/mol. The Morgan fingerprint density at radius 2 is 2.25 bits per heavy atom. The van der Waals surface area contributed by atoms with Gasteiger partial charge in [0.1, 0.15) is 5.75 Å². The quantitative estimate of drug-likeness (QED) is 0.792. The van der Waals surface area contributed by atoms with E-state index in [0.717, 1.165) is 5.56 Å². The summed E-state index contributed by atoms with van der Waals surface area (Å²) in [5.41, 5.74) is 0.512. The summed E-state index contributed by atoms with van der Waals surface area (Å²) < 4.78 is 5.14. The van der Waals surface area contributed by atoms with Crippen LogP contribution >= 0.6 is 0 Å². The van der Waals surface area contributed by atoms with Crippen LogP contribution in [-0.4, -0.2) is 28.9 Å². The molecule has 4 heteroatoms. The van der Waals surface area contributed by atoms with E-state index in [2.05, 4.69) is 0 Å². The molecule has 1 atom stereocenters. The number of aryl methyl sites for hydroxylation is 1. The van der Waals surface area contributed by atoms with Crippen LogP contribution in [0.2, 0.25) is 0 Å². The lowest BCUT2D eigenvalue weighted by Gasteiger charge is -2.33. The van der Waals surface area contributed by atoms with Gasteiger partial charge in [-0.05, 0) is 24.5 Å². The van der Waals surface area contributed by atoms with Gasteiger partial charge < -0.3 is 14.9 Å². The molecule has 0 bridgehead atoms. The highest BCUT2D eigenvalue weighted by Gasteiger charge is 2.42. The third kappa shape index (κ3) is 1.55. The highest BCUT2D eigenvalue weighted by Crippen LogP contribution is 2.35. The van der Waals surface area contributed by atoms with E-state index in [-0.39, 0.29) is 12.2 Å². The van der Waals surface area contributed by atoms with E-state index >= 15 is 0 Å². The minimum atomic E-state index is -1.19. The van der Waals surface area contributed by atoms with Crippen molar-refractivity contribution in [3.8, 4) is 5.75 Å². The number of aliphatic carboxylic acids is 1. The summed E-state index contributed by atoms with van der Waals surface area (Å²) in [5, 5.41) is 18.9. The third-order valence-electron chi connectivity index (χ3n) is 3.29. The minimum Gasteiger partial charge on any atom is -0.508 e. The first-order chi connectivity index (χ1) is 7.59. The lowest BCUT2D eigenvalue weighted by atomic mass is 9.80. The number of benzene rings is 1. The molecule has 0 aromatic heterocycles. The molecular weight excluding hydrogens is 208 g/mol. The van der Waals surface area contributed by atoms with Crippen LogP contribution in [0.1, 0.15) is 17.5 Å². The van der Waals surface area contributed by atoms with Crippen molar-refractivity contribution in [2.75, 3.05) is 7.11 Å². The van der Waals surface area contributed by atoms with Gasteiger partial charge in [0.15, 0.2) is 5.60 Å². The second kappa shape index (κ2) is 3.79. The molecule has 0 amide bonds. The molecule has 0 spiro atoms. The summed E-state index contributed by atoms with van der Waals surface area (Å²) in [7, 11) is 1.40. The Kier molecular flexibility index (Phi) is 2.59. The van der Waals surface area contributed by atoms with Gasteiger partial charge in [-0.2, -0.15) is 0 Å². The monoisotopic (exact) mass is 222 g/mol. The van der Waals surface area contributed by atoms with Crippen molar-refractivity contribution in [1.82, 2.24) is 0 Å². The summed E-state index contributed by atoms with van der Waals surface area (Å²) in [6.07, 6.45) is 1.28. The summed E-state index contributed by atoms with van der Waals surface area (Å²) in [6.45, 7) is 0. The Bertz CT molecular complexity index is 427. The van der Waals surface area contributed by atoms with Crippen LogP contribution < -0.4 is 0 Å². The number of carboxylic acids is 1. The molecule has 0 aliphatic heterocycles. The Hall–Kier alpha value is -1.55. The smallest absolute Gasteiger partial charge is 0.336 e. The molecule has 1 aromatic carbocycles. The summed E-state index contributed by atoms with van der Waals surface area (Å²) in [5.74, 6) is -0.816. The zero-order chi connectivity index (χ0) is 11.8. The predicted octanol–water partition coefficient (Wildman–Crippen LogP) is 1.35. The molecule has 0 heterocycles. The molecule has 1 aliphatic carbocycles. The number of carboxylic acid groups (broad SMARTS) is 1. The van der Waals surface area contributed by atoms with Gasteiger partial charge in [-0.15, -0.1) is 0 Å². The van der Waals surface area contributed by atoms with Crippen molar-refractivity contribution in [1.29, 1.82) is 0 Å². The Morgan fingerprint density at radius 3 is 2.88 bits per heavy atom. The highest BCUT2D eigenvalue weighted by molar-refractivity contribution is 5.79. The molecule has 2 N–H and O–H groups in total. The number of fused-ring (bicyclic) bond motifs is 1. The lowest BCUT2D eigenvalue weighted by molar-refractivity contribution is -0.163. The molecule has 0 fully saturated rings. The number of carbonyl (C=O) groups is 1. The van der Waals surface area contributed by atoms with Crippen molar-refractivity contribution in [3.05, 3.63) is 29.3 Å². The standard InChI is InChI=1S/C12H14O4/c1-16-12(11(14)15)6-5-8-3-2-4-10(13)9(8)7-12/h2-4,13H,5-7H2,1H3,(H,14,15). The fourth-order valence-corrected chi connectivity index (χ4v) is 2.21. The number of rotatable bonds is 2. The summed E-state index contributed by atoms with van der Waals surface area (Å²) in [6, 6.07) is 5.26. The van der Waals surface area contributed by atoms with Gasteiger partial charge in [0.25, 0.3) is 0 Å². The van der Waals surface area contributed by atoms with Gasteiger partial charge in [-0.3, -0.25) is 0 Å². The van der Waals surface area contributed by atoms with Gasteiger partial charge in [-0.1, -0.05) is 12.1 Å². The van der Waals surface area contributed by atoms with Crippen LogP contribution in [0.4, 0.5) is 0 Å². The average Bonchev–Trinajstić information content (AvgIpc) is 2.29. The molecule has 1 aliphatic rings. The second-order valence-electron chi connectivity index (χ2n) is 4.10. The van der Waals surface area contributed by atoms with Gasteiger partial charge in [0.05, 0.1) is 0 Å². The first-order valence-electron chi connectivity index (χ1n) is 5.17. The van der Waals surface area contributed by atoms with E-state index in [9.17, 15) is 15.0 Å². The van der Waals surface area contributed by atoms with Crippen molar-refractivity contribution in [2.24, 2.45) is 0 Å².